The van der Waals surface area contributed by atoms with E-state index in [9.17, 15) is 22.8 Å². The molecule has 0 unspecified atom stereocenters. The van der Waals surface area contributed by atoms with Gasteiger partial charge in [-0.05, 0) is 15.9 Å². The van der Waals surface area contributed by atoms with E-state index in [1.807, 2.05) is 9.97 Å². The van der Waals surface area contributed by atoms with Crippen molar-refractivity contribution in [3.05, 3.63) is 42.6 Å². The Morgan fingerprint density at radius 1 is 0.812 bits per heavy atom. The van der Waals surface area contributed by atoms with Crippen molar-refractivity contribution in [3.8, 4) is 0 Å². The normalized spacial score (nSPS) is 11.0. The minimum absolute atomic E-state index is 0.346. The highest BCUT2D eigenvalue weighted by Gasteiger charge is 2.20. The molecule has 0 saturated heterocycles. The van der Waals surface area contributed by atoms with E-state index in [1.165, 1.54) is 0 Å². The highest BCUT2D eigenvalue weighted by Crippen LogP contribution is 2.27. The number of aromatic amines is 2. The predicted molar refractivity (Wildman–Crippen MR) is 52.8 cm³/mol. The first kappa shape index (κ1) is 10.9. The topological polar surface area (TPSA) is 65.7 Å². The number of H-pyrrole nitrogens is 2. The molecule has 0 atom stereocenters. The van der Waals surface area contributed by atoms with Gasteiger partial charge in [-0.3, -0.25) is 9.59 Å². The molecule has 0 fully saturated rings. The van der Waals surface area contributed by atoms with Gasteiger partial charge in [0.2, 0.25) is 0 Å². The highest BCUT2D eigenvalue weighted by atomic mass is 79.9. The summed E-state index contributed by atoms with van der Waals surface area (Å²) < 4.78 is 38.8. The van der Waals surface area contributed by atoms with Crippen LogP contribution in [0.4, 0.5) is 13.2 Å². The van der Waals surface area contributed by atoms with E-state index in [0.717, 1.165) is 0 Å². The van der Waals surface area contributed by atoms with Crippen LogP contribution in [0.5, 0.6) is 0 Å². The third kappa shape index (κ3) is 1.37. The monoisotopic (exact) mass is 294 g/mol. The fraction of sp³-hybridized carbons (Fsp3) is 0. The second-order valence-electron chi connectivity index (χ2n) is 2.91. The summed E-state index contributed by atoms with van der Waals surface area (Å²) in [6.07, 6.45) is 0. The zero-order valence-electron chi connectivity index (χ0n) is 7.33. The van der Waals surface area contributed by atoms with Gasteiger partial charge in [0.05, 0.1) is 9.99 Å². The molecule has 1 heterocycles. The van der Waals surface area contributed by atoms with Crippen LogP contribution in [0.15, 0.2) is 14.1 Å². The number of hydrogen-bond donors (Lipinski definition) is 2. The van der Waals surface area contributed by atoms with Crippen molar-refractivity contribution in [2.24, 2.45) is 0 Å². The number of hydrogen-bond acceptors (Lipinski definition) is 2. The van der Waals surface area contributed by atoms with Gasteiger partial charge in [0.15, 0.2) is 17.5 Å². The van der Waals surface area contributed by atoms with Gasteiger partial charge in [0, 0.05) is 0 Å². The van der Waals surface area contributed by atoms with E-state index in [0.29, 0.717) is 0 Å². The molecule has 84 valence electrons. The summed E-state index contributed by atoms with van der Waals surface area (Å²) in [6.45, 7) is 0. The van der Waals surface area contributed by atoms with E-state index in [1.54, 1.807) is 0 Å². The molecular formula is C8H2BrF3N2O2. The number of nitrogens with one attached hydrogen (secondary N) is 2. The van der Waals surface area contributed by atoms with Crippen LogP contribution in [0.25, 0.3) is 11.0 Å². The van der Waals surface area contributed by atoms with Crippen molar-refractivity contribution in [1.82, 2.24) is 9.97 Å². The molecule has 0 spiro atoms. The van der Waals surface area contributed by atoms with E-state index in [-0.39, 0.29) is 5.52 Å². The van der Waals surface area contributed by atoms with Gasteiger partial charge in [-0.2, -0.15) is 0 Å². The van der Waals surface area contributed by atoms with Crippen molar-refractivity contribution in [2.45, 2.75) is 0 Å². The Bertz CT molecular complexity index is 646. The van der Waals surface area contributed by atoms with Crippen LogP contribution in [0.1, 0.15) is 0 Å². The van der Waals surface area contributed by atoms with Crippen LogP contribution >= 0.6 is 15.9 Å². The summed E-state index contributed by atoms with van der Waals surface area (Å²) >= 11 is 2.65. The summed E-state index contributed by atoms with van der Waals surface area (Å²) in [7, 11) is 0. The first-order chi connectivity index (χ1) is 7.43. The molecule has 0 bridgehead atoms. The van der Waals surface area contributed by atoms with Gasteiger partial charge >= 0.3 is 11.1 Å². The maximum absolute atomic E-state index is 13.2. The number of benzene rings is 1. The Morgan fingerprint density at radius 3 is 1.88 bits per heavy atom. The van der Waals surface area contributed by atoms with Crippen molar-refractivity contribution < 1.29 is 13.2 Å². The number of rotatable bonds is 0. The minimum atomic E-state index is -1.73. The molecule has 2 aromatic rings. The van der Waals surface area contributed by atoms with Gasteiger partial charge in [-0.15, -0.1) is 0 Å². The third-order valence-electron chi connectivity index (χ3n) is 1.95. The first-order valence-electron chi connectivity index (χ1n) is 3.91. The van der Waals surface area contributed by atoms with Gasteiger partial charge in [-0.1, -0.05) is 0 Å². The zero-order valence-corrected chi connectivity index (χ0v) is 8.91. The second-order valence-corrected chi connectivity index (χ2v) is 3.71. The summed E-state index contributed by atoms with van der Waals surface area (Å²) in [6, 6.07) is 0. The first-order valence-corrected chi connectivity index (χ1v) is 4.71. The van der Waals surface area contributed by atoms with Crippen LogP contribution in [0, 0.1) is 17.5 Å². The molecule has 1 aromatic heterocycles. The standard InChI is InChI=1S/C8H2BrF3N2O2/c9-1-2(10)3(11)4(12)6-5(1)13-7(15)8(16)14-6/h(H,13,15)(H,14,16). The van der Waals surface area contributed by atoms with E-state index < -0.39 is 38.6 Å². The van der Waals surface area contributed by atoms with Crippen molar-refractivity contribution in [1.29, 1.82) is 0 Å². The summed E-state index contributed by atoms with van der Waals surface area (Å²) in [5.41, 5.74) is -3.18. The molecule has 0 amide bonds. The van der Waals surface area contributed by atoms with Crippen LogP contribution in [0.2, 0.25) is 0 Å². The summed E-state index contributed by atoms with van der Waals surface area (Å²) in [4.78, 5) is 25.6. The molecule has 0 aliphatic rings. The fourth-order valence-electron chi connectivity index (χ4n) is 1.21. The lowest BCUT2D eigenvalue weighted by atomic mass is 10.2. The smallest absolute Gasteiger partial charge is 0.314 e. The van der Waals surface area contributed by atoms with Crippen molar-refractivity contribution in [2.75, 3.05) is 0 Å². The number of fused-ring (bicyclic) bond motifs is 1. The Labute approximate surface area is 93.2 Å². The van der Waals surface area contributed by atoms with Crippen LogP contribution in [-0.2, 0) is 0 Å². The minimum Gasteiger partial charge on any atom is -0.315 e. The maximum atomic E-state index is 13.2. The van der Waals surface area contributed by atoms with Crippen LogP contribution in [-0.4, -0.2) is 9.97 Å². The van der Waals surface area contributed by atoms with Crippen molar-refractivity contribution in [3.63, 3.8) is 0 Å². The predicted octanol–water partition coefficient (Wildman–Crippen LogP) is 1.40. The van der Waals surface area contributed by atoms with E-state index in [2.05, 4.69) is 15.9 Å². The molecule has 0 radical (unpaired) electrons. The van der Waals surface area contributed by atoms with Crippen LogP contribution in [0.3, 0.4) is 0 Å². The highest BCUT2D eigenvalue weighted by molar-refractivity contribution is 9.10. The summed E-state index contributed by atoms with van der Waals surface area (Å²) in [5, 5.41) is 0. The average molecular weight is 295 g/mol. The molecule has 2 N–H and O–H groups in total. The van der Waals surface area contributed by atoms with Crippen molar-refractivity contribution >= 4 is 27.0 Å². The van der Waals surface area contributed by atoms with Gasteiger partial charge in [0.1, 0.15) is 5.52 Å². The lowest BCUT2D eigenvalue weighted by Crippen LogP contribution is -2.29. The molecule has 0 aliphatic heterocycles. The lowest BCUT2D eigenvalue weighted by molar-refractivity contribution is 0.449. The van der Waals surface area contributed by atoms with Gasteiger partial charge < -0.3 is 9.97 Å². The molecular weight excluding hydrogens is 293 g/mol. The molecule has 0 aliphatic carbocycles. The summed E-state index contributed by atoms with van der Waals surface area (Å²) in [5.74, 6) is -4.78. The average Bonchev–Trinajstić information content (AvgIpc) is 2.26. The maximum Gasteiger partial charge on any atom is 0.314 e. The Hall–Kier alpha value is -1.57. The fourth-order valence-corrected chi connectivity index (χ4v) is 1.68. The molecule has 16 heavy (non-hydrogen) atoms. The van der Waals surface area contributed by atoms with Gasteiger partial charge in [0.25, 0.3) is 0 Å². The molecule has 1 aromatic carbocycles. The Kier molecular flexibility index (Phi) is 2.38. The second kappa shape index (κ2) is 3.48. The van der Waals surface area contributed by atoms with E-state index in [4.69, 9.17) is 0 Å². The Morgan fingerprint density at radius 2 is 1.31 bits per heavy atom. The zero-order chi connectivity index (χ0) is 12.0. The van der Waals surface area contributed by atoms with Crippen LogP contribution < -0.4 is 11.1 Å². The third-order valence-corrected chi connectivity index (χ3v) is 2.70. The lowest BCUT2D eigenvalue weighted by Gasteiger charge is -2.04. The van der Waals surface area contributed by atoms with Gasteiger partial charge in [-0.25, -0.2) is 13.2 Å². The molecule has 2 rings (SSSR count). The Balaban J connectivity index is 3.15. The number of aromatic nitrogens is 2. The SMILES string of the molecule is O=c1[nH]c2c(F)c(F)c(F)c(Br)c2[nH]c1=O. The molecule has 4 nitrogen and oxygen atoms in total. The largest absolute Gasteiger partial charge is 0.315 e. The quantitative estimate of drug-likeness (QED) is 0.438. The molecule has 0 saturated carbocycles. The van der Waals surface area contributed by atoms with E-state index >= 15 is 0 Å². The molecule has 8 heteroatoms. The number of halogens is 4.